The summed E-state index contributed by atoms with van der Waals surface area (Å²) in [6.45, 7) is 10.4. The summed E-state index contributed by atoms with van der Waals surface area (Å²) in [5.41, 5.74) is 2.75. The second-order valence-electron chi connectivity index (χ2n) is 9.25. The van der Waals surface area contributed by atoms with Crippen LogP contribution in [0.2, 0.25) is 0 Å². The molecular weight excluding hydrogens is 466 g/mol. The molecule has 0 unspecified atom stereocenters. The highest BCUT2D eigenvalue weighted by Crippen LogP contribution is 2.36. The second-order valence-corrected chi connectivity index (χ2v) is 10.7. The molecule has 0 heterocycles. The van der Waals surface area contributed by atoms with Gasteiger partial charge in [0.25, 0.3) is 10.1 Å². The molecule has 0 aliphatic carbocycles. The molecule has 3 aromatic carbocycles. The first-order chi connectivity index (χ1) is 16.2. The molecule has 2 N–H and O–H groups in total. The smallest absolute Gasteiger partial charge is 0.261 e. The first kappa shape index (κ1) is 28.0. The maximum Gasteiger partial charge on any atom is 0.261 e. The van der Waals surface area contributed by atoms with Gasteiger partial charge in [-0.1, -0.05) is 35.4 Å². The zero-order valence-corrected chi connectivity index (χ0v) is 21.8. The number of hydrogen-bond acceptors (Lipinski definition) is 6. The van der Waals surface area contributed by atoms with Gasteiger partial charge >= 0.3 is 0 Å². The number of benzene rings is 3. The Morgan fingerprint density at radius 2 is 1.26 bits per heavy atom. The summed E-state index contributed by atoms with van der Waals surface area (Å²) in [6, 6.07) is 20.9. The fourth-order valence-electron chi connectivity index (χ4n) is 2.76. The van der Waals surface area contributed by atoms with Gasteiger partial charge in [0.15, 0.2) is 17.3 Å². The monoisotopic (exact) mass is 499 g/mol. The minimum absolute atomic E-state index is 0.000525. The van der Waals surface area contributed by atoms with Gasteiger partial charge in [-0.25, -0.2) is 0 Å². The first-order valence-corrected chi connectivity index (χ1v) is 12.9. The van der Waals surface area contributed by atoms with Crippen LogP contribution in [0.3, 0.4) is 0 Å². The molecule has 188 valence electrons. The van der Waals surface area contributed by atoms with E-state index in [1.165, 1.54) is 0 Å². The summed E-state index contributed by atoms with van der Waals surface area (Å²) >= 11 is 0. The molecule has 0 saturated carbocycles. The number of ketones is 1. The molecule has 0 bridgehead atoms. The van der Waals surface area contributed by atoms with Crippen LogP contribution < -0.4 is 14.8 Å². The minimum atomic E-state index is -3.67. The van der Waals surface area contributed by atoms with Gasteiger partial charge in [-0.2, -0.15) is 8.42 Å². The molecule has 0 radical (unpaired) electrons. The molecule has 0 fully saturated rings. The summed E-state index contributed by atoms with van der Waals surface area (Å²) in [4.78, 5) is 12.7. The number of aryl methyl sites for hydroxylation is 2. The van der Waals surface area contributed by atoms with E-state index in [1.54, 1.807) is 18.2 Å². The lowest BCUT2D eigenvalue weighted by Gasteiger charge is -2.20. The topological polar surface area (TPSA) is 102 Å². The SMILES string of the molecule is CS(=O)(=O)O.Cc1ccc(Oc2ccc(C(=O)CNC(C)(C)C)cc2Oc2ccc(C)cc2)cc1. The third kappa shape index (κ3) is 11.2. The highest BCUT2D eigenvalue weighted by Gasteiger charge is 2.16. The molecule has 8 heteroatoms. The molecule has 0 amide bonds. The van der Waals surface area contributed by atoms with E-state index in [-0.39, 0.29) is 17.9 Å². The third-order valence-electron chi connectivity index (χ3n) is 4.54. The van der Waals surface area contributed by atoms with Gasteiger partial charge in [-0.05, 0) is 77.1 Å². The van der Waals surface area contributed by atoms with Gasteiger partial charge in [-0.3, -0.25) is 9.35 Å². The number of rotatable bonds is 7. The van der Waals surface area contributed by atoms with Gasteiger partial charge in [0.2, 0.25) is 0 Å². The predicted octanol–water partition coefficient (Wildman–Crippen LogP) is 5.96. The van der Waals surface area contributed by atoms with Crippen molar-refractivity contribution < 1.29 is 27.2 Å². The van der Waals surface area contributed by atoms with E-state index in [0.717, 1.165) is 11.1 Å². The molecule has 0 aromatic heterocycles. The molecule has 0 atom stereocenters. The molecule has 3 aromatic rings. The normalized spacial score (nSPS) is 11.3. The Bertz CT molecular complexity index is 1220. The number of carbonyl (C=O) groups is 1. The van der Waals surface area contributed by atoms with Crippen LogP contribution in [0, 0.1) is 13.8 Å². The molecule has 3 rings (SSSR count). The number of ether oxygens (including phenoxy) is 2. The van der Waals surface area contributed by atoms with Gasteiger partial charge in [0, 0.05) is 11.1 Å². The summed E-state index contributed by atoms with van der Waals surface area (Å²) in [5, 5.41) is 3.23. The number of Topliss-reactive ketones (excluding diaryl/α,β-unsaturated/α-hetero) is 1. The van der Waals surface area contributed by atoms with Crippen molar-refractivity contribution in [3.63, 3.8) is 0 Å². The molecule has 0 saturated heterocycles. The van der Waals surface area contributed by atoms with Crippen LogP contribution in [-0.4, -0.2) is 37.1 Å². The lowest BCUT2D eigenvalue weighted by molar-refractivity contribution is 0.0981. The molecule has 0 aliphatic rings. The van der Waals surface area contributed by atoms with Crippen molar-refractivity contribution in [2.45, 2.75) is 40.2 Å². The largest absolute Gasteiger partial charge is 0.453 e. The highest BCUT2D eigenvalue weighted by atomic mass is 32.2. The van der Waals surface area contributed by atoms with Crippen molar-refractivity contribution in [2.75, 3.05) is 12.8 Å². The molecule has 7 nitrogen and oxygen atoms in total. The fourth-order valence-corrected chi connectivity index (χ4v) is 2.76. The first-order valence-electron chi connectivity index (χ1n) is 11.0. The minimum Gasteiger partial charge on any atom is -0.453 e. The van der Waals surface area contributed by atoms with Crippen LogP contribution in [0.5, 0.6) is 23.0 Å². The summed E-state index contributed by atoms with van der Waals surface area (Å²) < 4.78 is 38.0. The number of hydrogen-bond donors (Lipinski definition) is 2. The Kier molecular flexibility index (Phi) is 9.59. The van der Waals surface area contributed by atoms with Crippen LogP contribution in [-0.2, 0) is 10.1 Å². The van der Waals surface area contributed by atoms with E-state index in [2.05, 4.69) is 5.32 Å². The van der Waals surface area contributed by atoms with Crippen LogP contribution in [0.4, 0.5) is 0 Å². The van der Waals surface area contributed by atoms with E-state index in [9.17, 15) is 13.2 Å². The Hall–Kier alpha value is -3.20. The Morgan fingerprint density at radius 1 is 0.829 bits per heavy atom. The lowest BCUT2D eigenvalue weighted by Crippen LogP contribution is -2.39. The molecule has 0 aliphatic heterocycles. The van der Waals surface area contributed by atoms with Crippen LogP contribution in [0.1, 0.15) is 42.3 Å². The summed E-state index contributed by atoms with van der Waals surface area (Å²) in [5.74, 6) is 2.45. The van der Waals surface area contributed by atoms with Crippen molar-refractivity contribution >= 4 is 15.9 Å². The molecule has 35 heavy (non-hydrogen) atoms. The zero-order chi connectivity index (χ0) is 26.2. The van der Waals surface area contributed by atoms with Crippen LogP contribution in [0.25, 0.3) is 0 Å². The van der Waals surface area contributed by atoms with Gasteiger partial charge < -0.3 is 14.8 Å². The maximum atomic E-state index is 12.7. The number of carbonyl (C=O) groups excluding carboxylic acids is 1. The standard InChI is InChI=1S/C26H29NO3.CH4O3S/c1-18-6-11-21(12-7-18)29-24-15-10-20(23(28)17-27-26(3,4)5)16-25(24)30-22-13-8-19(2)9-14-22;1-5(2,3)4/h6-16,27H,17H2,1-5H3;1H3,(H,2,3,4). The maximum absolute atomic E-state index is 12.7. The highest BCUT2D eigenvalue weighted by molar-refractivity contribution is 7.85. The van der Waals surface area contributed by atoms with Crippen molar-refractivity contribution in [2.24, 2.45) is 0 Å². The summed E-state index contributed by atoms with van der Waals surface area (Å²) in [7, 11) is -3.67. The van der Waals surface area contributed by atoms with Crippen molar-refractivity contribution in [1.29, 1.82) is 0 Å². The molecule has 0 spiro atoms. The summed E-state index contributed by atoms with van der Waals surface area (Å²) in [6.07, 6.45) is 0.715. The van der Waals surface area contributed by atoms with Crippen LogP contribution >= 0.6 is 0 Å². The fraction of sp³-hybridized carbons (Fsp3) is 0.296. The van der Waals surface area contributed by atoms with Gasteiger partial charge in [-0.15, -0.1) is 0 Å². The average molecular weight is 500 g/mol. The molecular formula is C27H33NO6S. The predicted molar refractivity (Wildman–Crippen MR) is 139 cm³/mol. The average Bonchev–Trinajstić information content (AvgIpc) is 2.74. The van der Waals surface area contributed by atoms with Crippen molar-refractivity contribution in [1.82, 2.24) is 5.32 Å². The second kappa shape index (κ2) is 12.0. The Morgan fingerprint density at radius 3 is 1.69 bits per heavy atom. The van der Waals surface area contributed by atoms with Gasteiger partial charge in [0.1, 0.15) is 11.5 Å². The quantitative estimate of drug-likeness (QED) is 0.305. The van der Waals surface area contributed by atoms with E-state index in [1.807, 2.05) is 83.1 Å². The van der Waals surface area contributed by atoms with E-state index in [4.69, 9.17) is 14.0 Å². The van der Waals surface area contributed by atoms with E-state index >= 15 is 0 Å². The van der Waals surface area contributed by atoms with E-state index in [0.29, 0.717) is 34.8 Å². The van der Waals surface area contributed by atoms with Crippen molar-refractivity contribution in [3.05, 3.63) is 83.4 Å². The Labute approximate surface area is 207 Å². The van der Waals surface area contributed by atoms with Crippen LogP contribution in [0.15, 0.2) is 66.7 Å². The van der Waals surface area contributed by atoms with E-state index < -0.39 is 10.1 Å². The number of nitrogens with one attached hydrogen (secondary N) is 1. The van der Waals surface area contributed by atoms with Crippen molar-refractivity contribution in [3.8, 4) is 23.0 Å². The lowest BCUT2D eigenvalue weighted by atomic mass is 10.1. The Balaban J connectivity index is 0.000000784. The zero-order valence-electron chi connectivity index (χ0n) is 21.0. The van der Waals surface area contributed by atoms with Gasteiger partial charge in [0.05, 0.1) is 12.8 Å². The third-order valence-corrected chi connectivity index (χ3v) is 4.54.